The lowest BCUT2D eigenvalue weighted by Crippen LogP contribution is -2.23. The van der Waals surface area contributed by atoms with Crippen LogP contribution in [-0.2, 0) is 6.54 Å². The standard InChI is InChI=1S/C23H19ClN4O/c1-15-9-10-16(12-21(15)24)28-22-19-8-3-2-7-18(19)20(14-26-22)23(29)27-13-17-6-4-5-11-25-17/h2-12,14H,13H2,1H3,(H,26,28)(H,27,29). The highest BCUT2D eigenvalue weighted by atomic mass is 35.5. The number of anilines is 2. The van der Waals surface area contributed by atoms with Crippen LogP contribution in [0.3, 0.4) is 0 Å². The summed E-state index contributed by atoms with van der Waals surface area (Å²) in [6.45, 7) is 2.31. The molecule has 0 atom stereocenters. The third-order valence-electron chi connectivity index (χ3n) is 4.63. The number of carbonyl (C=O) groups excluding carboxylic acids is 1. The van der Waals surface area contributed by atoms with E-state index in [1.807, 2.05) is 67.6 Å². The lowest BCUT2D eigenvalue weighted by molar-refractivity contribution is 0.0952. The molecule has 6 heteroatoms. The van der Waals surface area contributed by atoms with Gasteiger partial charge in [0.15, 0.2) is 0 Å². The van der Waals surface area contributed by atoms with Crippen LogP contribution >= 0.6 is 11.6 Å². The summed E-state index contributed by atoms with van der Waals surface area (Å²) >= 11 is 6.23. The molecule has 4 rings (SSSR count). The number of nitrogens with zero attached hydrogens (tertiary/aromatic N) is 2. The second-order valence-corrected chi connectivity index (χ2v) is 7.07. The van der Waals surface area contributed by atoms with E-state index in [1.165, 1.54) is 0 Å². The van der Waals surface area contributed by atoms with E-state index in [1.54, 1.807) is 12.4 Å². The first-order valence-corrected chi connectivity index (χ1v) is 9.58. The van der Waals surface area contributed by atoms with Crippen LogP contribution in [0.25, 0.3) is 10.8 Å². The van der Waals surface area contributed by atoms with Crippen LogP contribution in [0.4, 0.5) is 11.5 Å². The molecule has 144 valence electrons. The topological polar surface area (TPSA) is 66.9 Å². The number of benzene rings is 2. The maximum absolute atomic E-state index is 12.8. The van der Waals surface area contributed by atoms with Crippen LogP contribution in [0.1, 0.15) is 21.6 Å². The largest absolute Gasteiger partial charge is 0.346 e. The second-order valence-electron chi connectivity index (χ2n) is 6.66. The van der Waals surface area contributed by atoms with Crippen LogP contribution in [0, 0.1) is 6.92 Å². The van der Waals surface area contributed by atoms with Crippen molar-refractivity contribution in [2.75, 3.05) is 5.32 Å². The molecule has 0 saturated heterocycles. The third kappa shape index (κ3) is 4.20. The predicted molar refractivity (Wildman–Crippen MR) is 117 cm³/mol. The fourth-order valence-electron chi connectivity index (χ4n) is 3.05. The molecule has 0 radical (unpaired) electrons. The molecule has 2 aromatic heterocycles. The summed E-state index contributed by atoms with van der Waals surface area (Å²) in [5.41, 5.74) is 3.16. The summed E-state index contributed by atoms with van der Waals surface area (Å²) in [6, 6.07) is 19.1. The fourth-order valence-corrected chi connectivity index (χ4v) is 3.23. The van der Waals surface area contributed by atoms with Crippen LogP contribution in [0.15, 0.2) is 73.1 Å². The molecule has 0 aliphatic heterocycles. The van der Waals surface area contributed by atoms with E-state index in [4.69, 9.17) is 11.6 Å². The first-order valence-electron chi connectivity index (χ1n) is 9.21. The third-order valence-corrected chi connectivity index (χ3v) is 5.04. The quantitative estimate of drug-likeness (QED) is 0.477. The molecule has 0 aliphatic carbocycles. The average Bonchev–Trinajstić information content (AvgIpc) is 2.75. The van der Waals surface area contributed by atoms with Gasteiger partial charge < -0.3 is 10.6 Å². The van der Waals surface area contributed by atoms with Gasteiger partial charge in [0.1, 0.15) is 5.82 Å². The van der Waals surface area contributed by atoms with Gasteiger partial charge in [-0.1, -0.05) is 48.0 Å². The predicted octanol–water partition coefficient (Wildman–Crippen LogP) is 5.27. The first kappa shape index (κ1) is 18.9. The van der Waals surface area contributed by atoms with Crippen LogP contribution < -0.4 is 10.6 Å². The molecule has 5 nitrogen and oxygen atoms in total. The number of fused-ring (bicyclic) bond motifs is 1. The Hall–Kier alpha value is -3.44. The lowest BCUT2D eigenvalue weighted by Gasteiger charge is -2.13. The molecule has 0 fully saturated rings. The number of aryl methyl sites for hydroxylation is 1. The van der Waals surface area contributed by atoms with Crippen molar-refractivity contribution in [3.63, 3.8) is 0 Å². The van der Waals surface area contributed by atoms with Gasteiger partial charge in [0, 0.05) is 28.5 Å². The van der Waals surface area contributed by atoms with Crippen molar-refractivity contribution in [2.45, 2.75) is 13.5 Å². The van der Waals surface area contributed by atoms with Crippen LogP contribution in [0.5, 0.6) is 0 Å². The van der Waals surface area contributed by atoms with Gasteiger partial charge in [-0.05, 0) is 42.1 Å². The van der Waals surface area contributed by atoms with Crippen LogP contribution in [-0.4, -0.2) is 15.9 Å². The number of nitrogens with one attached hydrogen (secondary N) is 2. The zero-order valence-corrected chi connectivity index (χ0v) is 16.6. The van der Waals surface area contributed by atoms with Crippen molar-refractivity contribution in [1.82, 2.24) is 15.3 Å². The minimum absolute atomic E-state index is 0.190. The fraction of sp³-hybridized carbons (Fsp3) is 0.0870. The van der Waals surface area contributed by atoms with Gasteiger partial charge in [-0.2, -0.15) is 0 Å². The number of rotatable bonds is 5. The number of carbonyl (C=O) groups is 1. The minimum Gasteiger partial charge on any atom is -0.346 e. The van der Waals surface area contributed by atoms with E-state index >= 15 is 0 Å². The van der Waals surface area contributed by atoms with E-state index in [9.17, 15) is 4.79 Å². The molecule has 0 saturated carbocycles. The number of pyridine rings is 2. The van der Waals surface area contributed by atoms with Gasteiger partial charge in [0.05, 0.1) is 17.8 Å². The average molecular weight is 403 g/mol. The Morgan fingerprint density at radius 2 is 1.79 bits per heavy atom. The highest BCUT2D eigenvalue weighted by molar-refractivity contribution is 6.31. The van der Waals surface area contributed by atoms with E-state index < -0.39 is 0 Å². The molecule has 29 heavy (non-hydrogen) atoms. The number of amides is 1. The van der Waals surface area contributed by atoms with Gasteiger partial charge in [-0.15, -0.1) is 0 Å². The van der Waals surface area contributed by atoms with Crippen molar-refractivity contribution in [3.8, 4) is 0 Å². The second kappa shape index (κ2) is 8.29. The molecule has 1 amide bonds. The summed E-state index contributed by atoms with van der Waals surface area (Å²) < 4.78 is 0. The van der Waals surface area contributed by atoms with Crippen molar-refractivity contribution in [2.24, 2.45) is 0 Å². The number of hydrogen-bond acceptors (Lipinski definition) is 4. The molecule has 0 aliphatic rings. The molecule has 0 bridgehead atoms. The van der Waals surface area contributed by atoms with Crippen molar-refractivity contribution in [3.05, 3.63) is 94.9 Å². The maximum Gasteiger partial charge on any atom is 0.253 e. The Morgan fingerprint density at radius 3 is 2.55 bits per heavy atom. The summed E-state index contributed by atoms with van der Waals surface area (Å²) in [4.78, 5) is 21.5. The van der Waals surface area contributed by atoms with Gasteiger partial charge in [0.25, 0.3) is 5.91 Å². The maximum atomic E-state index is 12.8. The number of aromatic nitrogens is 2. The van der Waals surface area contributed by atoms with Gasteiger partial charge in [-0.25, -0.2) is 4.98 Å². The molecule has 4 aromatic rings. The molecule has 0 spiro atoms. The van der Waals surface area contributed by atoms with Crippen molar-refractivity contribution < 1.29 is 4.79 Å². The van der Waals surface area contributed by atoms with Gasteiger partial charge in [0.2, 0.25) is 0 Å². The summed E-state index contributed by atoms with van der Waals surface area (Å²) in [5.74, 6) is 0.478. The molecule has 2 heterocycles. The van der Waals surface area contributed by atoms with E-state index in [2.05, 4.69) is 20.6 Å². The molecular formula is C23H19ClN4O. The zero-order valence-electron chi connectivity index (χ0n) is 15.8. The van der Waals surface area contributed by atoms with E-state index in [0.29, 0.717) is 22.9 Å². The van der Waals surface area contributed by atoms with Crippen LogP contribution in [0.2, 0.25) is 5.02 Å². The molecule has 2 aromatic carbocycles. The first-order chi connectivity index (χ1) is 14.1. The molecule has 2 N–H and O–H groups in total. The molecule has 0 unspecified atom stereocenters. The Kier molecular flexibility index (Phi) is 5.40. The normalized spacial score (nSPS) is 10.7. The SMILES string of the molecule is Cc1ccc(Nc2ncc(C(=O)NCc3ccccn3)c3ccccc23)cc1Cl. The van der Waals surface area contributed by atoms with Crippen molar-refractivity contribution in [1.29, 1.82) is 0 Å². The zero-order chi connectivity index (χ0) is 20.2. The summed E-state index contributed by atoms with van der Waals surface area (Å²) in [6.07, 6.45) is 3.30. The minimum atomic E-state index is -0.190. The Morgan fingerprint density at radius 1 is 1.00 bits per heavy atom. The van der Waals surface area contributed by atoms with Gasteiger partial charge >= 0.3 is 0 Å². The van der Waals surface area contributed by atoms with Gasteiger partial charge in [-0.3, -0.25) is 9.78 Å². The number of hydrogen-bond donors (Lipinski definition) is 2. The smallest absolute Gasteiger partial charge is 0.253 e. The summed E-state index contributed by atoms with van der Waals surface area (Å²) in [5, 5.41) is 8.57. The van der Waals surface area contributed by atoms with E-state index in [0.717, 1.165) is 27.7 Å². The number of halogens is 1. The van der Waals surface area contributed by atoms with E-state index in [-0.39, 0.29) is 5.91 Å². The lowest BCUT2D eigenvalue weighted by atomic mass is 10.1. The highest BCUT2D eigenvalue weighted by Crippen LogP contribution is 2.28. The highest BCUT2D eigenvalue weighted by Gasteiger charge is 2.14. The Bertz CT molecular complexity index is 1180. The Balaban J connectivity index is 1.62. The van der Waals surface area contributed by atoms with Crippen molar-refractivity contribution >= 4 is 39.8 Å². The molecular weight excluding hydrogens is 384 g/mol. The summed E-state index contributed by atoms with van der Waals surface area (Å²) in [7, 11) is 0. The monoisotopic (exact) mass is 402 g/mol. The Labute approximate surface area is 173 Å².